The van der Waals surface area contributed by atoms with Gasteiger partial charge in [0.1, 0.15) is 11.5 Å². The average Bonchev–Trinajstić information content (AvgIpc) is 3.07. The third kappa shape index (κ3) is 4.94. The lowest BCUT2D eigenvalue weighted by Gasteiger charge is -2.36. The molecule has 28 heavy (non-hydrogen) atoms. The van der Waals surface area contributed by atoms with Crippen LogP contribution in [-0.2, 0) is 13.1 Å². The predicted molar refractivity (Wildman–Crippen MR) is 115 cm³/mol. The highest BCUT2D eigenvalue weighted by atomic mass is 32.1. The molecule has 1 aromatic heterocycles. The molecule has 0 unspecified atom stereocenters. The SMILES string of the molecule is CCn1cc(CN2CCN(C(=S)Nc3cc(OC)cc(OC)c3)CC2)c(C)n1. The van der Waals surface area contributed by atoms with E-state index < -0.39 is 0 Å². The maximum atomic E-state index is 5.62. The topological polar surface area (TPSA) is 54.8 Å². The second-order valence-electron chi connectivity index (χ2n) is 6.89. The van der Waals surface area contributed by atoms with Gasteiger partial charge in [0.2, 0.25) is 0 Å². The number of aryl methyl sites for hydroxylation is 2. The summed E-state index contributed by atoms with van der Waals surface area (Å²) in [5, 5.41) is 8.58. The minimum atomic E-state index is 0.727. The number of piperazine rings is 1. The van der Waals surface area contributed by atoms with Crippen molar-refractivity contribution < 1.29 is 9.47 Å². The second kappa shape index (κ2) is 9.25. The van der Waals surface area contributed by atoms with E-state index in [1.807, 2.05) is 22.9 Å². The standard InChI is InChI=1S/C20H29N5O2S/c1-5-25-14-16(15(2)22-25)13-23-6-8-24(9-7-23)20(28)21-17-10-18(26-3)12-19(11-17)27-4/h10-12,14H,5-9,13H2,1-4H3,(H,21,28). The molecule has 3 rings (SSSR count). The molecule has 2 heterocycles. The van der Waals surface area contributed by atoms with Crippen LogP contribution < -0.4 is 14.8 Å². The van der Waals surface area contributed by atoms with E-state index in [1.165, 1.54) is 5.56 Å². The van der Waals surface area contributed by atoms with Crippen molar-refractivity contribution in [2.24, 2.45) is 0 Å². The number of anilines is 1. The fourth-order valence-corrected chi connectivity index (χ4v) is 3.61. The van der Waals surface area contributed by atoms with E-state index in [0.717, 1.165) is 67.3 Å². The zero-order valence-corrected chi connectivity index (χ0v) is 17.9. The number of methoxy groups -OCH3 is 2. The molecule has 1 fully saturated rings. The average molecular weight is 404 g/mol. The van der Waals surface area contributed by atoms with E-state index in [2.05, 4.69) is 40.3 Å². The van der Waals surface area contributed by atoms with Crippen LogP contribution in [0.4, 0.5) is 5.69 Å². The van der Waals surface area contributed by atoms with E-state index >= 15 is 0 Å². The third-order valence-corrected chi connectivity index (χ3v) is 5.39. The van der Waals surface area contributed by atoms with Gasteiger partial charge in [-0.2, -0.15) is 5.10 Å². The highest BCUT2D eigenvalue weighted by molar-refractivity contribution is 7.80. The molecular formula is C20H29N5O2S. The van der Waals surface area contributed by atoms with Gasteiger partial charge in [-0.3, -0.25) is 9.58 Å². The smallest absolute Gasteiger partial charge is 0.173 e. The summed E-state index contributed by atoms with van der Waals surface area (Å²) in [6, 6.07) is 5.67. The number of benzene rings is 1. The van der Waals surface area contributed by atoms with Gasteiger partial charge < -0.3 is 19.7 Å². The summed E-state index contributed by atoms with van der Waals surface area (Å²) in [6.07, 6.45) is 2.16. The maximum absolute atomic E-state index is 5.62. The lowest BCUT2D eigenvalue weighted by atomic mass is 10.2. The highest BCUT2D eigenvalue weighted by Crippen LogP contribution is 2.26. The van der Waals surface area contributed by atoms with E-state index in [-0.39, 0.29) is 0 Å². The molecule has 0 aliphatic carbocycles. The van der Waals surface area contributed by atoms with Gasteiger partial charge in [0.15, 0.2) is 5.11 Å². The lowest BCUT2D eigenvalue weighted by molar-refractivity contribution is 0.176. The second-order valence-corrected chi connectivity index (χ2v) is 7.28. The summed E-state index contributed by atoms with van der Waals surface area (Å²) >= 11 is 5.62. The first-order valence-electron chi connectivity index (χ1n) is 9.56. The minimum absolute atomic E-state index is 0.727. The molecule has 7 nitrogen and oxygen atoms in total. The number of hydrogen-bond donors (Lipinski definition) is 1. The Morgan fingerprint density at radius 3 is 2.29 bits per heavy atom. The van der Waals surface area contributed by atoms with Crippen molar-refractivity contribution in [1.29, 1.82) is 0 Å². The highest BCUT2D eigenvalue weighted by Gasteiger charge is 2.20. The molecule has 152 valence electrons. The number of nitrogens with zero attached hydrogens (tertiary/aromatic N) is 4. The third-order valence-electron chi connectivity index (χ3n) is 5.03. The first-order valence-corrected chi connectivity index (χ1v) is 9.97. The summed E-state index contributed by atoms with van der Waals surface area (Å²) in [7, 11) is 3.28. The Balaban J connectivity index is 1.54. The van der Waals surface area contributed by atoms with Crippen molar-refractivity contribution in [1.82, 2.24) is 19.6 Å². The fraction of sp³-hybridized carbons (Fsp3) is 0.500. The van der Waals surface area contributed by atoms with Gasteiger partial charge in [0.25, 0.3) is 0 Å². The molecule has 0 bridgehead atoms. The zero-order valence-electron chi connectivity index (χ0n) is 17.1. The van der Waals surface area contributed by atoms with E-state index in [4.69, 9.17) is 21.7 Å². The van der Waals surface area contributed by atoms with Crippen LogP contribution in [-0.4, -0.2) is 65.1 Å². The van der Waals surface area contributed by atoms with E-state index in [1.54, 1.807) is 14.2 Å². The minimum Gasteiger partial charge on any atom is -0.497 e. The number of nitrogens with one attached hydrogen (secondary N) is 1. The molecule has 0 radical (unpaired) electrons. The lowest BCUT2D eigenvalue weighted by Crippen LogP contribution is -2.49. The van der Waals surface area contributed by atoms with Crippen LogP contribution in [0.5, 0.6) is 11.5 Å². The molecular weight excluding hydrogens is 374 g/mol. The number of hydrogen-bond acceptors (Lipinski definition) is 5. The van der Waals surface area contributed by atoms with Crippen molar-refractivity contribution in [2.45, 2.75) is 26.9 Å². The summed E-state index contributed by atoms with van der Waals surface area (Å²) in [5.41, 5.74) is 3.29. The van der Waals surface area contributed by atoms with Crippen molar-refractivity contribution in [3.8, 4) is 11.5 Å². The molecule has 0 atom stereocenters. The molecule has 1 saturated heterocycles. The normalized spacial score (nSPS) is 14.8. The van der Waals surface area contributed by atoms with Gasteiger partial charge in [-0.25, -0.2) is 0 Å². The summed E-state index contributed by atoms with van der Waals surface area (Å²) in [6.45, 7) is 9.78. The van der Waals surface area contributed by atoms with Crippen LogP contribution in [0.25, 0.3) is 0 Å². The molecule has 2 aromatic rings. The molecule has 0 saturated carbocycles. The Kier molecular flexibility index (Phi) is 6.74. The number of ether oxygens (including phenoxy) is 2. The van der Waals surface area contributed by atoms with Crippen LogP contribution in [0.3, 0.4) is 0 Å². The van der Waals surface area contributed by atoms with Crippen LogP contribution in [0.15, 0.2) is 24.4 Å². The van der Waals surface area contributed by atoms with Crippen molar-refractivity contribution >= 4 is 23.0 Å². The Labute approximate surface area is 172 Å². The molecule has 1 aliphatic rings. The first kappa shape index (κ1) is 20.4. The zero-order chi connectivity index (χ0) is 20.1. The molecule has 0 amide bonds. The first-order chi connectivity index (χ1) is 13.5. The largest absolute Gasteiger partial charge is 0.497 e. The summed E-state index contributed by atoms with van der Waals surface area (Å²) < 4.78 is 12.7. The summed E-state index contributed by atoms with van der Waals surface area (Å²) in [5.74, 6) is 1.47. The molecule has 1 aromatic carbocycles. The van der Waals surface area contributed by atoms with Gasteiger partial charge in [0, 0.05) is 74.9 Å². The van der Waals surface area contributed by atoms with Crippen LogP contribution in [0.2, 0.25) is 0 Å². The number of aromatic nitrogens is 2. The van der Waals surface area contributed by atoms with Gasteiger partial charge in [0.05, 0.1) is 19.9 Å². The Morgan fingerprint density at radius 1 is 1.11 bits per heavy atom. The van der Waals surface area contributed by atoms with Crippen LogP contribution in [0.1, 0.15) is 18.2 Å². The van der Waals surface area contributed by atoms with Crippen LogP contribution in [0, 0.1) is 6.92 Å². The van der Waals surface area contributed by atoms with Gasteiger partial charge in [-0.05, 0) is 26.1 Å². The Hall–Kier alpha value is -2.32. The molecule has 1 N–H and O–H groups in total. The predicted octanol–water partition coefficient (Wildman–Crippen LogP) is 2.74. The fourth-order valence-electron chi connectivity index (χ4n) is 3.31. The Bertz CT molecular complexity index is 793. The monoisotopic (exact) mass is 403 g/mol. The van der Waals surface area contributed by atoms with E-state index in [0.29, 0.717) is 0 Å². The van der Waals surface area contributed by atoms with Crippen LogP contribution >= 0.6 is 12.2 Å². The van der Waals surface area contributed by atoms with Gasteiger partial charge >= 0.3 is 0 Å². The quantitative estimate of drug-likeness (QED) is 0.744. The van der Waals surface area contributed by atoms with Gasteiger partial charge in [-0.1, -0.05) is 0 Å². The number of rotatable bonds is 6. The molecule has 1 aliphatic heterocycles. The van der Waals surface area contributed by atoms with E-state index in [9.17, 15) is 0 Å². The number of thiocarbonyl (C=S) groups is 1. The van der Waals surface area contributed by atoms with Gasteiger partial charge in [-0.15, -0.1) is 0 Å². The summed E-state index contributed by atoms with van der Waals surface area (Å²) in [4.78, 5) is 4.66. The van der Waals surface area contributed by atoms with Crippen molar-refractivity contribution in [2.75, 3.05) is 45.7 Å². The van der Waals surface area contributed by atoms with Crippen molar-refractivity contribution in [3.05, 3.63) is 35.7 Å². The molecule has 0 spiro atoms. The maximum Gasteiger partial charge on any atom is 0.173 e. The Morgan fingerprint density at radius 2 is 1.75 bits per heavy atom. The molecule has 8 heteroatoms. The van der Waals surface area contributed by atoms with Crippen molar-refractivity contribution in [3.63, 3.8) is 0 Å².